The van der Waals surface area contributed by atoms with Crippen LogP contribution in [-0.2, 0) is 12.0 Å². The van der Waals surface area contributed by atoms with Crippen LogP contribution in [0.4, 0.5) is 0 Å². The summed E-state index contributed by atoms with van der Waals surface area (Å²) in [6, 6.07) is 10.3. The van der Waals surface area contributed by atoms with Crippen LogP contribution >= 0.6 is 0 Å². The van der Waals surface area contributed by atoms with E-state index >= 15 is 0 Å². The molecule has 0 aliphatic carbocycles. The van der Waals surface area contributed by atoms with Gasteiger partial charge in [0, 0.05) is 11.6 Å². The monoisotopic (exact) mass is 215 g/mol. The van der Waals surface area contributed by atoms with Crippen molar-refractivity contribution >= 4 is 0 Å². The third kappa shape index (κ3) is 2.48. The van der Waals surface area contributed by atoms with Gasteiger partial charge >= 0.3 is 0 Å². The second-order valence-electron chi connectivity index (χ2n) is 5.04. The van der Waals surface area contributed by atoms with Crippen molar-refractivity contribution in [1.29, 1.82) is 0 Å². The third-order valence-corrected chi connectivity index (χ3v) is 2.49. The van der Waals surface area contributed by atoms with E-state index in [2.05, 4.69) is 43.2 Å². The van der Waals surface area contributed by atoms with E-state index < -0.39 is 0 Å². The van der Waals surface area contributed by atoms with E-state index in [-0.39, 0.29) is 5.41 Å². The van der Waals surface area contributed by atoms with Crippen molar-refractivity contribution < 1.29 is 0 Å². The Balaban J connectivity index is 2.15. The molecule has 2 rings (SSSR count). The summed E-state index contributed by atoms with van der Waals surface area (Å²) >= 11 is 0. The molecule has 0 atom stereocenters. The summed E-state index contributed by atoms with van der Waals surface area (Å²) in [7, 11) is 0. The van der Waals surface area contributed by atoms with Crippen molar-refractivity contribution in [1.82, 2.24) is 15.0 Å². The fourth-order valence-electron chi connectivity index (χ4n) is 1.49. The standard InChI is InChI=1S/C13H17N3/c1-13(2,3)12-10-16(15-14-12)9-11-7-5-4-6-8-11/h4-8,10H,9H2,1-3H3. The summed E-state index contributed by atoms with van der Waals surface area (Å²) in [6.07, 6.45) is 2.02. The van der Waals surface area contributed by atoms with Crippen LogP contribution in [0, 0.1) is 0 Å². The summed E-state index contributed by atoms with van der Waals surface area (Å²) < 4.78 is 1.88. The van der Waals surface area contributed by atoms with Gasteiger partial charge < -0.3 is 0 Å². The fourth-order valence-corrected chi connectivity index (χ4v) is 1.49. The Morgan fingerprint density at radius 1 is 1.12 bits per heavy atom. The average molecular weight is 215 g/mol. The van der Waals surface area contributed by atoms with E-state index in [1.165, 1.54) is 5.56 Å². The number of hydrogen-bond donors (Lipinski definition) is 0. The van der Waals surface area contributed by atoms with Gasteiger partial charge in [0.1, 0.15) is 0 Å². The molecular weight excluding hydrogens is 198 g/mol. The van der Waals surface area contributed by atoms with E-state index in [4.69, 9.17) is 0 Å². The molecule has 0 saturated carbocycles. The largest absolute Gasteiger partial charge is 0.248 e. The van der Waals surface area contributed by atoms with Gasteiger partial charge in [0.2, 0.25) is 0 Å². The minimum atomic E-state index is 0.0644. The van der Waals surface area contributed by atoms with Crippen molar-refractivity contribution in [3.8, 4) is 0 Å². The Hall–Kier alpha value is -1.64. The summed E-state index contributed by atoms with van der Waals surface area (Å²) in [4.78, 5) is 0. The molecule has 16 heavy (non-hydrogen) atoms. The van der Waals surface area contributed by atoms with Crippen LogP contribution in [0.25, 0.3) is 0 Å². The molecule has 0 amide bonds. The number of aromatic nitrogens is 3. The lowest BCUT2D eigenvalue weighted by Crippen LogP contribution is -2.11. The maximum atomic E-state index is 4.20. The van der Waals surface area contributed by atoms with Crippen molar-refractivity contribution in [3.63, 3.8) is 0 Å². The van der Waals surface area contributed by atoms with E-state index in [9.17, 15) is 0 Å². The Kier molecular flexibility index (Phi) is 2.77. The first-order valence-electron chi connectivity index (χ1n) is 5.50. The summed E-state index contributed by atoms with van der Waals surface area (Å²) in [5, 5.41) is 8.34. The number of rotatable bonds is 2. The summed E-state index contributed by atoms with van der Waals surface area (Å²) in [5.41, 5.74) is 2.34. The third-order valence-electron chi connectivity index (χ3n) is 2.49. The lowest BCUT2D eigenvalue weighted by molar-refractivity contribution is 0.566. The molecule has 1 aromatic heterocycles. The Labute approximate surface area is 96.1 Å². The van der Waals surface area contributed by atoms with Gasteiger partial charge in [-0.25, -0.2) is 4.68 Å². The van der Waals surface area contributed by atoms with Crippen LogP contribution in [0.3, 0.4) is 0 Å². The lowest BCUT2D eigenvalue weighted by Gasteiger charge is -2.12. The lowest BCUT2D eigenvalue weighted by atomic mass is 9.93. The van der Waals surface area contributed by atoms with Crippen LogP contribution in [0.1, 0.15) is 32.0 Å². The first-order valence-corrected chi connectivity index (χ1v) is 5.50. The van der Waals surface area contributed by atoms with Gasteiger partial charge in [0.05, 0.1) is 12.2 Å². The SMILES string of the molecule is CC(C)(C)c1cn(Cc2ccccc2)nn1. The van der Waals surface area contributed by atoms with Crippen LogP contribution in [-0.4, -0.2) is 15.0 Å². The molecular formula is C13H17N3. The van der Waals surface area contributed by atoms with E-state index in [0.717, 1.165) is 12.2 Å². The fraction of sp³-hybridized carbons (Fsp3) is 0.385. The van der Waals surface area contributed by atoms with E-state index in [0.29, 0.717) is 0 Å². The molecule has 2 aromatic rings. The smallest absolute Gasteiger partial charge is 0.0880 e. The van der Waals surface area contributed by atoms with Gasteiger partial charge in [-0.2, -0.15) is 0 Å². The van der Waals surface area contributed by atoms with Crippen molar-refractivity contribution in [2.24, 2.45) is 0 Å². The van der Waals surface area contributed by atoms with Gasteiger partial charge in [-0.3, -0.25) is 0 Å². The second-order valence-corrected chi connectivity index (χ2v) is 5.04. The molecule has 0 unspecified atom stereocenters. The molecule has 0 fully saturated rings. The highest BCUT2D eigenvalue weighted by Crippen LogP contribution is 2.18. The highest BCUT2D eigenvalue weighted by molar-refractivity contribution is 5.15. The second kappa shape index (κ2) is 4.08. The molecule has 1 aromatic carbocycles. The Morgan fingerprint density at radius 3 is 2.38 bits per heavy atom. The molecule has 1 heterocycles. The highest BCUT2D eigenvalue weighted by atomic mass is 15.4. The number of benzene rings is 1. The normalized spacial score (nSPS) is 11.7. The van der Waals surface area contributed by atoms with Gasteiger partial charge in [-0.1, -0.05) is 56.3 Å². The van der Waals surface area contributed by atoms with Crippen LogP contribution in [0.15, 0.2) is 36.5 Å². The molecule has 0 aliphatic heterocycles. The van der Waals surface area contributed by atoms with E-state index in [1.807, 2.05) is 29.1 Å². The molecule has 3 nitrogen and oxygen atoms in total. The maximum Gasteiger partial charge on any atom is 0.0880 e. The highest BCUT2D eigenvalue weighted by Gasteiger charge is 2.17. The summed E-state index contributed by atoms with van der Waals surface area (Å²) in [5.74, 6) is 0. The zero-order valence-corrected chi connectivity index (χ0v) is 10.0. The maximum absolute atomic E-state index is 4.20. The van der Waals surface area contributed by atoms with Crippen molar-refractivity contribution in [2.75, 3.05) is 0 Å². The van der Waals surface area contributed by atoms with Crippen molar-refractivity contribution in [3.05, 3.63) is 47.8 Å². The molecule has 0 spiro atoms. The average Bonchev–Trinajstić information content (AvgIpc) is 2.67. The molecule has 3 heteroatoms. The zero-order chi connectivity index (χ0) is 11.6. The topological polar surface area (TPSA) is 30.7 Å². The number of hydrogen-bond acceptors (Lipinski definition) is 2. The van der Waals surface area contributed by atoms with Gasteiger partial charge in [-0.05, 0) is 5.56 Å². The quantitative estimate of drug-likeness (QED) is 0.771. The molecule has 0 bridgehead atoms. The minimum Gasteiger partial charge on any atom is -0.248 e. The molecule has 0 aliphatic rings. The molecule has 0 N–H and O–H groups in total. The van der Waals surface area contributed by atoms with E-state index in [1.54, 1.807) is 0 Å². The van der Waals surface area contributed by atoms with Crippen LogP contribution in [0.5, 0.6) is 0 Å². The molecule has 0 radical (unpaired) electrons. The van der Waals surface area contributed by atoms with Crippen LogP contribution in [0.2, 0.25) is 0 Å². The first kappa shape index (κ1) is 10.9. The van der Waals surface area contributed by atoms with Gasteiger partial charge in [0.15, 0.2) is 0 Å². The summed E-state index contributed by atoms with van der Waals surface area (Å²) in [6.45, 7) is 7.21. The van der Waals surface area contributed by atoms with Crippen molar-refractivity contribution in [2.45, 2.75) is 32.7 Å². The Bertz CT molecular complexity index is 452. The van der Waals surface area contributed by atoms with Gasteiger partial charge in [0.25, 0.3) is 0 Å². The van der Waals surface area contributed by atoms with Crippen LogP contribution < -0.4 is 0 Å². The first-order chi connectivity index (χ1) is 7.55. The predicted molar refractivity (Wildman–Crippen MR) is 64.3 cm³/mol. The van der Waals surface area contributed by atoms with Gasteiger partial charge in [-0.15, -0.1) is 5.10 Å². The molecule has 84 valence electrons. The molecule has 0 saturated heterocycles. The zero-order valence-electron chi connectivity index (χ0n) is 10.0. The predicted octanol–water partition coefficient (Wildman–Crippen LogP) is 2.62. The minimum absolute atomic E-state index is 0.0644. The Morgan fingerprint density at radius 2 is 1.81 bits per heavy atom. The number of nitrogens with zero attached hydrogens (tertiary/aromatic N) is 3.